The lowest BCUT2D eigenvalue weighted by Gasteiger charge is -2.33. The number of piperidine rings is 1. The molecule has 3 heteroatoms. The maximum absolute atomic E-state index is 11.0. The van der Waals surface area contributed by atoms with Crippen molar-refractivity contribution in [1.29, 1.82) is 0 Å². The molecular weight excluding hydrogens is 202 g/mol. The van der Waals surface area contributed by atoms with Crippen molar-refractivity contribution < 1.29 is 9.90 Å². The third kappa shape index (κ3) is 2.97. The second-order valence-corrected chi connectivity index (χ2v) is 5.37. The van der Waals surface area contributed by atoms with E-state index in [1.165, 1.54) is 38.5 Å². The van der Waals surface area contributed by atoms with E-state index in [-0.39, 0.29) is 5.92 Å². The summed E-state index contributed by atoms with van der Waals surface area (Å²) in [5, 5.41) is 12.6. The maximum Gasteiger partial charge on any atom is 0.306 e. The van der Waals surface area contributed by atoms with Crippen LogP contribution in [0.15, 0.2) is 0 Å². The number of nitrogens with one attached hydrogen (secondary N) is 1. The van der Waals surface area contributed by atoms with Crippen LogP contribution in [0.2, 0.25) is 0 Å². The Kier molecular flexibility index (Phi) is 4.22. The second-order valence-electron chi connectivity index (χ2n) is 5.37. The lowest BCUT2D eigenvalue weighted by atomic mass is 9.82. The molecule has 1 saturated heterocycles. The molecule has 16 heavy (non-hydrogen) atoms. The molecule has 0 aromatic heterocycles. The quantitative estimate of drug-likeness (QED) is 0.709. The molecule has 0 bridgehead atoms. The van der Waals surface area contributed by atoms with Gasteiger partial charge in [0.15, 0.2) is 0 Å². The molecule has 92 valence electrons. The average molecular weight is 225 g/mol. The van der Waals surface area contributed by atoms with Crippen molar-refractivity contribution in [1.82, 2.24) is 5.32 Å². The van der Waals surface area contributed by atoms with E-state index in [9.17, 15) is 4.79 Å². The zero-order chi connectivity index (χ0) is 11.4. The van der Waals surface area contributed by atoms with Crippen LogP contribution in [0, 0.1) is 11.8 Å². The number of carbonyl (C=O) groups is 1. The van der Waals surface area contributed by atoms with Crippen LogP contribution in [0.25, 0.3) is 0 Å². The first kappa shape index (κ1) is 11.9. The van der Waals surface area contributed by atoms with Crippen LogP contribution in [0.1, 0.15) is 51.4 Å². The number of rotatable bonds is 2. The smallest absolute Gasteiger partial charge is 0.306 e. The predicted molar refractivity (Wildman–Crippen MR) is 63.3 cm³/mol. The van der Waals surface area contributed by atoms with Gasteiger partial charge in [-0.05, 0) is 38.1 Å². The minimum atomic E-state index is -0.597. The van der Waals surface area contributed by atoms with Crippen molar-refractivity contribution in [3.05, 3.63) is 0 Å². The van der Waals surface area contributed by atoms with Crippen molar-refractivity contribution >= 4 is 5.97 Å². The highest BCUT2D eigenvalue weighted by Gasteiger charge is 2.31. The van der Waals surface area contributed by atoms with Crippen molar-refractivity contribution in [2.24, 2.45) is 11.8 Å². The number of carboxylic acids is 1. The second kappa shape index (κ2) is 5.67. The Morgan fingerprint density at radius 3 is 2.38 bits per heavy atom. The molecule has 1 aliphatic heterocycles. The summed E-state index contributed by atoms with van der Waals surface area (Å²) < 4.78 is 0. The summed E-state index contributed by atoms with van der Waals surface area (Å²) in [5.74, 6) is 0.0271. The average Bonchev–Trinajstić information content (AvgIpc) is 2.57. The molecule has 1 heterocycles. The van der Waals surface area contributed by atoms with Crippen LogP contribution >= 0.6 is 0 Å². The molecule has 0 aromatic rings. The highest BCUT2D eigenvalue weighted by Crippen LogP contribution is 2.30. The summed E-state index contributed by atoms with van der Waals surface area (Å²) >= 11 is 0. The van der Waals surface area contributed by atoms with Gasteiger partial charge in [-0.25, -0.2) is 0 Å². The molecule has 0 radical (unpaired) electrons. The van der Waals surface area contributed by atoms with Gasteiger partial charge in [0, 0.05) is 6.04 Å². The Bertz CT molecular complexity index is 234. The van der Waals surface area contributed by atoms with Crippen LogP contribution in [0.5, 0.6) is 0 Å². The molecule has 2 N–H and O–H groups in total. The normalized spacial score (nSPS) is 33.2. The topological polar surface area (TPSA) is 49.3 Å². The van der Waals surface area contributed by atoms with Gasteiger partial charge in [0.2, 0.25) is 0 Å². The van der Waals surface area contributed by atoms with Crippen molar-refractivity contribution in [2.45, 2.75) is 57.4 Å². The number of hydrogen-bond acceptors (Lipinski definition) is 2. The molecule has 0 spiro atoms. The fraction of sp³-hybridized carbons (Fsp3) is 0.923. The fourth-order valence-corrected chi connectivity index (χ4v) is 3.25. The van der Waals surface area contributed by atoms with Crippen molar-refractivity contribution in [2.75, 3.05) is 6.54 Å². The van der Waals surface area contributed by atoms with Gasteiger partial charge in [0.05, 0.1) is 5.92 Å². The third-order valence-corrected chi connectivity index (χ3v) is 4.26. The van der Waals surface area contributed by atoms with E-state index >= 15 is 0 Å². The standard InChI is InChI=1S/C13H23NO2/c15-13(16)11-7-8-14-12(9-11)10-5-3-1-2-4-6-10/h10-12,14H,1-9H2,(H,15,16). The molecule has 2 aliphatic rings. The Morgan fingerprint density at radius 1 is 1.06 bits per heavy atom. The first-order valence-corrected chi connectivity index (χ1v) is 6.73. The summed E-state index contributed by atoms with van der Waals surface area (Å²) in [7, 11) is 0. The maximum atomic E-state index is 11.0. The van der Waals surface area contributed by atoms with Crippen molar-refractivity contribution in [3.8, 4) is 0 Å². The Labute approximate surface area is 97.6 Å². The lowest BCUT2D eigenvalue weighted by molar-refractivity contribution is -0.143. The van der Waals surface area contributed by atoms with Gasteiger partial charge in [-0.3, -0.25) is 4.79 Å². The van der Waals surface area contributed by atoms with Gasteiger partial charge >= 0.3 is 5.97 Å². The summed E-state index contributed by atoms with van der Waals surface area (Å²) in [6, 6.07) is 0.466. The third-order valence-electron chi connectivity index (χ3n) is 4.26. The van der Waals surface area contributed by atoms with Crippen LogP contribution in [0.4, 0.5) is 0 Å². The SMILES string of the molecule is O=C(O)C1CCNC(C2CCCCCC2)C1. The van der Waals surface area contributed by atoms with E-state index in [4.69, 9.17) is 5.11 Å². The highest BCUT2D eigenvalue weighted by molar-refractivity contribution is 5.70. The number of carboxylic acid groups (broad SMARTS) is 1. The summed E-state index contributed by atoms with van der Waals surface area (Å²) in [5.41, 5.74) is 0. The van der Waals surface area contributed by atoms with E-state index in [2.05, 4.69) is 5.32 Å². The molecule has 0 amide bonds. The molecule has 0 aromatic carbocycles. The van der Waals surface area contributed by atoms with Crippen LogP contribution in [-0.2, 0) is 4.79 Å². The molecule has 2 rings (SSSR count). The van der Waals surface area contributed by atoms with E-state index in [0.29, 0.717) is 6.04 Å². The monoisotopic (exact) mass is 225 g/mol. The summed E-state index contributed by atoms with van der Waals surface area (Å²) in [6.07, 6.45) is 9.64. The minimum Gasteiger partial charge on any atom is -0.481 e. The van der Waals surface area contributed by atoms with E-state index in [1.54, 1.807) is 0 Å². The molecule has 2 atom stereocenters. The Balaban J connectivity index is 1.89. The predicted octanol–water partition coefficient (Wildman–Crippen LogP) is 2.41. The Morgan fingerprint density at radius 2 is 1.75 bits per heavy atom. The first-order valence-electron chi connectivity index (χ1n) is 6.73. The van der Waals surface area contributed by atoms with Crippen LogP contribution in [-0.4, -0.2) is 23.7 Å². The molecule has 1 saturated carbocycles. The van der Waals surface area contributed by atoms with Gasteiger partial charge in [0.25, 0.3) is 0 Å². The molecular formula is C13H23NO2. The molecule has 2 fully saturated rings. The Hall–Kier alpha value is -0.570. The summed E-state index contributed by atoms with van der Waals surface area (Å²) in [4.78, 5) is 11.0. The van der Waals surface area contributed by atoms with Crippen LogP contribution < -0.4 is 5.32 Å². The van der Waals surface area contributed by atoms with Crippen molar-refractivity contribution in [3.63, 3.8) is 0 Å². The zero-order valence-electron chi connectivity index (χ0n) is 9.95. The highest BCUT2D eigenvalue weighted by atomic mass is 16.4. The van der Waals surface area contributed by atoms with Gasteiger partial charge in [-0.15, -0.1) is 0 Å². The largest absolute Gasteiger partial charge is 0.481 e. The van der Waals surface area contributed by atoms with E-state index in [1.807, 2.05) is 0 Å². The van der Waals surface area contributed by atoms with Gasteiger partial charge in [0.1, 0.15) is 0 Å². The van der Waals surface area contributed by atoms with E-state index in [0.717, 1.165) is 25.3 Å². The fourth-order valence-electron chi connectivity index (χ4n) is 3.25. The molecule has 2 unspecified atom stereocenters. The lowest BCUT2D eigenvalue weighted by Crippen LogP contribution is -2.44. The molecule has 1 aliphatic carbocycles. The van der Waals surface area contributed by atoms with Gasteiger partial charge in [-0.2, -0.15) is 0 Å². The summed E-state index contributed by atoms with van der Waals surface area (Å²) in [6.45, 7) is 0.887. The molecule has 3 nitrogen and oxygen atoms in total. The van der Waals surface area contributed by atoms with Gasteiger partial charge in [-0.1, -0.05) is 25.7 Å². The van der Waals surface area contributed by atoms with E-state index < -0.39 is 5.97 Å². The minimum absolute atomic E-state index is 0.102. The number of hydrogen-bond donors (Lipinski definition) is 2. The first-order chi connectivity index (χ1) is 7.77. The van der Waals surface area contributed by atoms with Crippen LogP contribution in [0.3, 0.4) is 0 Å². The number of aliphatic carboxylic acids is 1. The van der Waals surface area contributed by atoms with Gasteiger partial charge < -0.3 is 10.4 Å². The zero-order valence-corrected chi connectivity index (χ0v) is 9.95.